The molecular weight excluding hydrogens is 416 g/mol. The Hall–Kier alpha value is -2.09. The average Bonchev–Trinajstić information content (AvgIpc) is 3.53. The molecule has 0 radical (unpaired) electrons. The molecule has 0 spiro atoms. The van der Waals surface area contributed by atoms with Crippen molar-refractivity contribution in [3.05, 3.63) is 41.9 Å². The molecule has 0 unspecified atom stereocenters. The summed E-state index contributed by atoms with van der Waals surface area (Å²) in [5.74, 6) is 0.727. The van der Waals surface area contributed by atoms with E-state index in [1.54, 1.807) is 17.7 Å². The van der Waals surface area contributed by atoms with Gasteiger partial charge in [-0.1, -0.05) is 12.5 Å². The normalized spacial score (nSPS) is 18.6. The summed E-state index contributed by atoms with van der Waals surface area (Å²) in [6.45, 7) is 12.5. The van der Waals surface area contributed by atoms with E-state index in [0.29, 0.717) is 6.04 Å². The Morgan fingerprint density at radius 3 is 2.94 bits per heavy atom. The average molecular weight is 453 g/mol. The van der Waals surface area contributed by atoms with Crippen molar-refractivity contribution >= 4 is 22.4 Å². The van der Waals surface area contributed by atoms with Crippen LogP contribution < -0.4 is 10.6 Å². The zero-order valence-electron chi connectivity index (χ0n) is 19.4. The van der Waals surface area contributed by atoms with Gasteiger partial charge in [-0.05, 0) is 77.5 Å². The van der Waals surface area contributed by atoms with E-state index in [2.05, 4.69) is 57.2 Å². The van der Waals surface area contributed by atoms with Crippen LogP contribution in [0.25, 0.3) is 21.6 Å². The summed E-state index contributed by atoms with van der Waals surface area (Å²) in [6, 6.07) is 0.502. The summed E-state index contributed by atoms with van der Waals surface area (Å²) < 4.78 is 2.39. The number of hydrogen-bond acceptors (Lipinski definition) is 6. The Bertz CT molecular complexity index is 1020. The molecule has 2 N–H and O–H groups in total. The van der Waals surface area contributed by atoms with Crippen LogP contribution in [0.3, 0.4) is 0 Å². The first kappa shape index (κ1) is 23.1. The van der Waals surface area contributed by atoms with Crippen LogP contribution in [0.15, 0.2) is 36.3 Å². The number of nitrogens with one attached hydrogen (secondary N) is 2. The lowest BCUT2D eigenvalue weighted by atomic mass is 10.1. The molecule has 32 heavy (non-hydrogen) atoms. The maximum absolute atomic E-state index is 4.82. The Morgan fingerprint density at radius 1 is 1.25 bits per heavy atom. The monoisotopic (exact) mass is 452 g/mol. The highest BCUT2D eigenvalue weighted by Gasteiger charge is 2.28. The van der Waals surface area contributed by atoms with Crippen molar-refractivity contribution in [1.29, 1.82) is 0 Å². The second-order valence-corrected chi connectivity index (χ2v) is 9.91. The standard InChI is InChI=1S/C25H36N6S/c1-4-20-16-32-25(30-20)23-15-31(24-22(23)14-28-17-29-24)21-7-6-19(12-21)13-27-10-5-9-26-11-8-18(2)3/h14-17,19,21,26-27H,2,4-13H2,1,3H3/t19-,21+/m1/s1. The molecule has 1 aliphatic carbocycles. The van der Waals surface area contributed by atoms with E-state index in [1.165, 1.54) is 36.8 Å². The Morgan fingerprint density at radius 2 is 2.12 bits per heavy atom. The first-order chi connectivity index (χ1) is 15.7. The van der Waals surface area contributed by atoms with Crippen LogP contribution in [-0.4, -0.2) is 45.7 Å². The highest BCUT2D eigenvalue weighted by atomic mass is 32.1. The molecule has 0 bridgehead atoms. The summed E-state index contributed by atoms with van der Waals surface area (Å²) in [4.78, 5) is 13.8. The lowest BCUT2D eigenvalue weighted by molar-refractivity contribution is 0.452. The first-order valence-electron chi connectivity index (χ1n) is 12.0. The lowest BCUT2D eigenvalue weighted by Crippen LogP contribution is -2.26. The molecule has 3 aromatic heterocycles. The second kappa shape index (κ2) is 11.2. The van der Waals surface area contributed by atoms with Gasteiger partial charge in [0, 0.05) is 34.8 Å². The smallest absolute Gasteiger partial charge is 0.144 e. The summed E-state index contributed by atoms with van der Waals surface area (Å²) in [7, 11) is 0. The Labute approximate surface area is 195 Å². The maximum Gasteiger partial charge on any atom is 0.144 e. The van der Waals surface area contributed by atoms with Crippen molar-refractivity contribution in [3.63, 3.8) is 0 Å². The van der Waals surface area contributed by atoms with E-state index in [4.69, 9.17) is 4.98 Å². The van der Waals surface area contributed by atoms with Crippen molar-refractivity contribution in [2.24, 2.45) is 5.92 Å². The molecule has 7 heteroatoms. The van der Waals surface area contributed by atoms with Crippen molar-refractivity contribution in [2.75, 3.05) is 26.2 Å². The number of hydrogen-bond donors (Lipinski definition) is 2. The largest absolute Gasteiger partial charge is 0.329 e. The van der Waals surface area contributed by atoms with Crippen LogP contribution in [0.4, 0.5) is 0 Å². The molecule has 3 heterocycles. The Kier molecular flexibility index (Phi) is 8.05. The van der Waals surface area contributed by atoms with Crippen molar-refractivity contribution in [3.8, 4) is 10.6 Å². The SMILES string of the molecule is C=C(C)CCNCCCNC[C@@H]1CC[C@H](n2cc(-c3nc(CC)cs3)c3cncnc32)C1. The van der Waals surface area contributed by atoms with Gasteiger partial charge in [-0.15, -0.1) is 17.9 Å². The van der Waals surface area contributed by atoms with Crippen molar-refractivity contribution < 1.29 is 0 Å². The summed E-state index contributed by atoms with van der Waals surface area (Å²) in [5.41, 5.74) is 4.62. The fraction of sp³-hybridized carbons (Fsp3) is 0.560. The van der Waals surface area contributed by atoms with Gasteiger partial charge in [-0.3, -0.25) is 0 Å². The van der Waals surface area contributed by atoms with Crippen LogP contribution in [-0.2, 0) is 6.42 Å². The molecule has 0 saturated heterocycles. The minimum Gasteiger partial charge on any atom is -0.329 e. The number of rotatable bonds is 12. The zero-order valence-corrected chi connectivity index (χ0v) is 20.3. The van der Waals surface area contributed by atoms with Gasteiger partial charge in [0.15, 0.2) is 0 Å². The number of aryl methyl sites for hydroxylation is 1. The van der Waals surface area contributed by atoms with E-state index in [1.807, 2.05) is 6.20 Å². The van der Waals surface area contributed by atoms with E-state index in [9.17, 15) is 0 Å². The van der Waals surface area contributed by atoms with E-state index >= 15 is 0 Å². The molecule has 172 valence electrons. The maximum atomic E-state index is 4.82. The molecular formula is C25H36N6S. The van der Waals surface area contributed by atoms with Gasteiger partial charge in [-0.2, -0.15) is 0 Å². The third kappa shape index (κ3) is 5.63. The quantitative estimate of drug-likeness (QED) is 0.299. The minimum atomic E-state index is 0.502. The van der Waals surface area contributed by atoms with Gasteiger partial charge in [0.2, 0.25) is 0 Å². The topological polar surface area (TPSA) is 67.7 Å². The third-order valence-corrected chi connectivity index (χ3v) is 7.34. The van der Waals surface area contributed by atoms with E-state index < -0.39 is 0 Å². The fourth-order valence-corrected chi connectivity index (χ4v) is 5.52. The molecule has 1 fully saturated rings. The van der Waals surface area contributed by atoms with Crippen molar-refractivity contribution in [1.82, 2.24) is 30.2 Å². The minimum absolute atomic E-state index is 0.502. The van der Waals surface area contributed by atoms with Crippen LogP contribution in [0, 0.1) is 5.92 Å². The highest BCUT2D eigenvalue weighted by molar-refractivity contribution is 7.13. The highest BCUT2D eigenvalue weighted by Crippen LogP contribution is 2.39. The van der Waals surface area contributed by atoms with Gasteiger partial charge in [0.1, 0.15) is 17.0 Å². The van der Waals surface area contributed by atoms with Crippen LogP contribution in [0.5, 0.6) is 0 Å². The Balaban J connectivity index is 1.31. The summed E-state index contributed by atoms with van der Waals surface area (Å²) in [5, 5.41) is 11.5. The van der Waals surface area contributed by atoms with Crippen molar-refractivity contribution in [2.45, 2.75) is 58.4 Å². The first-order valence-corrected chi connectivity index (χ1v) is 12.8. The van der Waals surface area contributed by atoms with E-state index in [0.717, 1.165) is 66.7 Å². The third-order valence-electron chi connectivity index (χ3n) is 6.41. The molecule has 0 aromatic carbocycles. The summed E-state index contributed by atoms with van der Waals surface area (Å²) >= 11 is 1.72. The molecule has 1 aliphatic rings. The zero-order chi connectivity index (χ0) is 22.3. The number of nitrogens with zero attached hydrogens (tertiary/aromatic N) is 4. The molecule has 6 nitrogen and oxygen atoms in total. The van der Waals surface area contributed by atoms with Crippen LogP contribution in [0.2, 0.25) is 0 Å². The molecule has 1 saturated carbocycles. The number of fused-ring (bicyclic) bond motifs is 1. The van der Waals surface area contributed by atoms with Gasteiger partial charge < -0.3 is 15.2 Å². The molecule has 4 rings (SSSR count). The van der Waals surface area contributed by atoms with Crippen LogP contribution in [0.1, 0.15) is 57.7 Å². The van der Waals surface area contributed by atoms with Gasteiger partial charge in [-0.25, -0.2) is 15.0 Å². The lowest BCUT2D eigenvalue weighted by Gasteiger charge is -2.15. The molecule has 3 aromatic rings. The van der Waals surface area contributed by atoms with Gasteiger partial charge in [0.25, 0.3) is 0 Å². The molecule has 2 atom stereocenters. The predicted molar refractivity (Wildman–Crippen MR) is 134 cm³/mol. The van der Waals surface area contributed by atoms with Gasteiger partial charge in [0.05, 0.1) is 5.69 Å². The summed E-state index contributed by atoms with van der Waals surface area (Å²) in [6.07, 6.45) is 12.8. The molecule has 0 aliphatic heterocycles. The predicted octanol–water partition coefficient (Wildman–Crippen LogP) is 4.99. The number of aromatic nitrogens is 4. The van der Waals surface area contributed by atoms with E-state index in [-0.39, 0.29) is 0 Å². The molecule has 0 amide bonds. The second-order valence-electron chi connectivity index (χ2n) is 9.06. The number of thiazole rings is 1. The van der Waals surface area contributed by atoms with Crippen LogP contribution >= 0.6 is 11.3 Å². The van der Waals surface area contributed by atoms with Gasteiger partial charge >= 0.3 is 0 Å². The fourth-order valence-electron chi connectivity index (χ4n) is 4.59.